The zero-order valence-electron chi connectivity index (χ0n) is 15.9. The van der Waals surface area contributed by atoms with E-state index in [2.05, 4.69) is 17.6 Å². The summed E-state index contributed by atoms with van der Waals surface area (Å²) in [7, 11) is 0. The van der Waals surface area contributed by atoms with Gasteiger partial charge in [0.2, 0.25) is 5.91 Å². The van der Waals surface area contributed by atoms with Gasteiger partial charge in [0, 0.05) is 37.2 Å². The maximum absolute atomic E-state index is 12.8. The number of aryl methyl sites for hydroxylation is 1. The number of hydrogen-bond acceptors (Lipinski definition) is 4. The van der Waals surface area contributed by atoms with E-state index in [-0.39, 0.29) is 11.8 Å². The molecule has 1 fully saturated rings. The smallest absolute Gasteiger partial charge is 0.227 e. The minimum atomic E-state index is 0.0830. The number of para-hydroxylation sites is 2. The molecule has 0 saturated carbocycles. The molecule has 6 nitrogen and oxygen atoms in total. The maximum atomic E-state index is 12.8. The second-order valence-corrected chi connectivity index (χ2v) is 7.34. The van der Waals surface area contributed by atoms with Crippen LogP contribution in [0.2, 0.25) is 0 Å². The Labute approximate surface area is 163 Å². The number of carbonyl (C=O) groups is 1. The third-order valence-corrected chi connectivity index (χ3v) is 5.46. The molecule has 1 saturated heterocycles. The van der Waals surface area contributed by atoms with E-state index in [9.17, 15) is 4.79 Å². The predicted octanol–water partition coefficient (Wildman–Crippen LogP) is 3.74. The number of amides is 1. The van der Waals surface area contributed by atoms with E-state index in [0.717, 1.165) is 41.3 Å². The number of nitrogens with zero attached hydrogens (tertiary/aromatic N) is 3. The van der Waals surface area contributed by atoms with Crippen molar-refractivity contribution in [1.29, 1.82) is 0 Å². The van der Waals surface area contributed by atoms with Crippen LogP contribution in [0.15, 0.2) is 42.5 Å². The normalized spacial score (nSPS) is 18.8. The number of hydrogen-bond donors (Lipinski definition) is 0. The number of carbonyl (C=O) groups excluding carboxylic acids is 1. The summed E-state index contributed by atoms with van der Waals surface area (Å²) in [6.45, 7) is 4.80. The van der Waals surface area contributed by atoms with Gasteiger partial charge in [-0.3, -0.25) is 4.79 Å². The molecule has 6 heteroatoms. The van der Waals surface area contributed by atoms with E-state index >= 15 is 0 Å². The largest absolute Gasteiger partial charge is 0.486 e. The van der Waals surface area contributed by atoms with Crippen LogP contribution in [0.4, 0.5) is 5.69 Å². The van der Waals surface area contributed by atoms with Gasteiger partial charge in [0.25, 0.3) is 0 Å². The highest BCUT2D eigenvalue weighted by molar-refractivity contribution is 5.96. The molecule has 0 bridgehead atoms. The molecule has 1 atom stereocenters. The Hall–Kier alpha value is -3.02. The van der Waals surface area contributed by atoms with E-state index in [4.69, 9.17) is 14.5 Å². The molecule has 0 N–H and O–H groups in total. The van der Waals surface area contributed by atoms with Crippen LogP contribution < -0.4 is 14.4 Å². The molecule has 0 aliphatic carbocycles. The lowest BCUT2D eigenvalue weighted by Crippen LogP contribution is -2.25. The standard InChI is InChI=1S/C22H23N3O3/c1-2-9-24-18-6-4-3-5-17(18)23-22(24)15-12-21(26)25(14-15)16-7-8-19-20(13-16)28-11-10-27-19/h3-8,13,15H,2,9-12,14H2,1H3. The molecule has 0 radical (unpaired) electrons. The summed E-state index contributed by atoms with van der Waals surface area (Å²) in [5.74, 6) is 2.66. The quantitative estimate of drug-likeness (QED) is 0.695. The summed E-state index contributed by atoms with van der Waals surface area (Å²) in [5, 5.41) is 0. The van der Waals surface area contributed by atoms with Crippen LogP contribution in [-0.4, -0.2) is 35.2 Å². The minimum absolute atomic E-state index is 0.0830. The second-order valence-electron chi connectivity index (χ2n) is 7.34. The summed E-state index contributed by atoms with van der Waals surface area (Å²) in [5.41, 5.74) is 3.00. The SMILES string of the molecule is CCCn1c(C2CC(=O)N(c3ccc4c(c3)OCCO4)C2)nc2ccccc21. The highest BCUT2D eigenvalue weighted by Crippen LogP contribution is 2.38. The van der Waals surface area contributed by atoms with Gasteiger partial charge < -0.3 is 18.9 Å². The van der Waals surface area contributed by atoms with E-state index in [0.29, 0.717) is 31.9 Å². The second kappa shape index (κ2) is 6.86. The average Bonchev–Trinajstić information content (AvgIpc) is 3.29. The zero-order valence-corrected chi connectivity index (χ0v) is 15.9. The van der Waals surface area contributed by atoms with Crippen molar-refractivity contribution < 1.29 is 14.3 Å². The van der Waals surface area contributed by atoms with Gasteiger partial charge in [-0.1, -0.05) is 19.1 Å². The first-order valence-corrected chi connectivity index (χ1v) is 9.90. The van der Waals surface area contributed by atoms with E-state index in [1.807, 2.05) is 41.3 Å². The third-order valence-electron chi connectivity index (χ3n) is 5.46. The molecule has 3 aromatic rings. The predicted molar refractivity (Wildman–Crippen MR) is 107 cm³/mol. The molecule has 5 rings (SSSR count). The Morgan fingerprint density at radius 2 is 1.93 bits per heavy atom. The van der Waals surface area contributed by atoms with Crippen molar-refractivity contribution in [3.05, 3.63) is 48.3 Å². The van der Waals surface area contributed by atoms with Crippen molar-refractivity contribution in [2.45, 2.75) is 32.2 Å². The third kappa shape index (κ3) is 2.80. The molecule has 1 amide bonds. The molecule has 2 aromatic carbocycles. The van der Waals surface area contributed by atoms with Crippen LogP contribution in [0.3, 0.4) is 0 Å². The Bertz CT molecular complexity index is 1040. The molecular formula is C22H23N3O3. The number of aromatic nitrogens is 2. The number of benzene rings is 2. The average molecular weight is 377 g/mol. The first kappa shape index (κ1) is 17.1. The number of imidazole rings is 1. The van der Waals surface area contributed by atoms with Gasteiger partial charge in [0.05, 0.1) is 11.0 Å². The van der Waals surface area contributed by atoms with Gasteiger partial charge in [-0.15, -0.1) is 0 Å². The zero-order chi connectivity index (χ0) is 19.1. The molecule has 1 aromatic heterocycles. The van der Waals surface area contributed by atoms with Crippen LogP contribution in [0.1, 0.15) is 31.5 Å². The fourth-order valence-corrected chi connectivity index (χ4v) is 4.19. The Balaban J connectivity index is 1.47. The van der Waals surface area contributed by atoms with Crippen molar-refractivity contribution in [2.24, 2.45) is 0 Å². The molecule has 1 unspecified atom stereocenters. The van der Waals surface area contributed by atoms with E-state index in [1.165, 1.54) is 0 Å². The molecular weight excluding hydrogens is 354 g/mol. The van der Waals surface area contributed by atoms with Crippen LogP contribution in [0, 0.1) is 0 Å². The van der Waals surface area contributed by atoms with Gasteiger partial charge in [-0.2, -0.15) is 0 Å². The number of rotatable bonds is 4. The van der Waals surface area contributed by atoms with Gasteiger partial charge in [0.15, 0.2) is 11.5 Å². The molecule has 0 spiro atoms. The Morgan fingerprint density at radius 1 is 1.11 bits per heavy atom. The van der Waals surface area contributed by atoms with Gasteiger partial charge >= 0.3 is 0 Å². The summed E-state index contributed by atoms with van der Waals surface area (Å²) in [6, 6.07) is 13.9. The van der Waals surface area contributed by atoms with Crippen molar-refractivity contribution >= 4 is 22.6 Å². The first-order chi connectivity index (χ1) is 13.7. The van der Waals surface area contributed by atoms with Crippen molar-refractivity contribution in [3.63, 3.8) is 0 Å². The fraction of sp³-hybridized carbons (Fsp3) is 0.364. The van der Waals surface area contributed by atoms with Crippen LogP contribution in [-0.2, 0) is 11.3 Å². The number of ether oxygens (including phenoxy) is 2. The van der Waals surface area contributed by atoms with Crippen molar-refractivity contribution in [1.82, 2.24) is 9.55 Å². The highest BCUT2D eigenvalue weighted by atomic mass is 16.6. The van der Waals surface area contributed by atoms with E-state index in [1.54, 1.807) is 0 Å². The monoisotopic (exact) mass is 377 g/mol. The van der Waals surface area contributed by atoms with Crippen LogP contribution in [0.25, 0.3) is 11.0 Å². The fourth-order valence-electron chi connectivity index (χ4n) is 4.19. The maximum Gasteiger partial charge on any atom is 0.227 e. The van der Waals surface area contributed by atoms with Crippen LogP contribution >= 0.6 is 0 Å². The van der Waals surface area contributed by atoms with E-state index < -0.39 is 0 Å². The molecule has 28 heavy (non-hydrogen) atoms. The topological polar surface area (TPSA) is 56.6 Å². The number of anilines is 1. The first-order valence-electron chi connectivity index (χ1n) is 9.90. The Kier molecular flexibility index (Phi) is 4.19. The van der Waals surface area contributed by atoms with Gasteiger partial charge in [0.1, 0.15) is 19.0 Å². The molecule has 144 valence electrons. The summed E-state index contributed by atoms with van der Waals surface area (Å²) in [4.78, 5) is 19.6. The Morgan fingerprint density at radius 3 is 2.79 bits per heavy atom. The van der Waals surface area contributed by atoms with Crippen molar-refractivity contribution in [3.8, 4) is 11.5 Å². The highest BCUT2D eigenvalue weighted by Gasteiger charge is 2.35. The molecule has 2 aliphatic heterocycles. The minimum Gasteiger partial charge on any atom is -0.486 e. The van der Waals surface area contributed by atoms with Crippen LogP contribution in [0.5, 0.6) is 11.5 Å². The summed E-state index contributed by atoms with van der Waals surface area (Å²) >= 11 is 0. The lowest BCUT2D eigenvalue weighted by molar-refractivity contribution is -0.117. The number of fused-ring (bicyclic) bond motifs is 2. The van der Waals surface area contributed by atoms with Gasteiger partial charge in [-0.05, 0) is 30.7 Å². The molecule has 2 aliphatic rings. The van der Waals surface area contributed by atoms with Crippen molar-refractivity contribution in [2.75, 3.05) is 24.7 Å². The van der Waals surface area contributed by atoms with Gasteiger partial charge in [-0.25, -0.2) is 4.98 Å². The lowest BCUT2D eigenvalue weighted by atomic mass is 10.1. The summed E-state index contributed by atoms with van der Waals surface area (Å²) in [6.07, 6.45) is 1.50. The lowest BCUT2D eigenvalue weighted by Gasteiger charge is -2.22. The molecule has 3 heterocycles. The summed E-state index contributed by atoms with van der Waals surface area (Å²) < 4.78 is 13.6.